The number of rotatable bonds is 8. The zero-order valence-electron chi connectivity index (χ0n) is 15.2. The van der Waals surface area contributed by atoms with Crippen molar-refractivity contribution < 1.29 is 9.53 Å². The average Bonchev–Trinajstić information content (AvgIpc) is 3.10. The molecule has 0 saturated carbocycles. The first-order valence-electron chi connectivity index (χ1n) is 9.07. The molecule has 0 radical (unpaired) electrons. The van der Waals surface area contributed by atoms with E-state index in [1.807, 2.05) is 18.3 Å². The van der Waals surface area contributed by atoms with Crippen molar-refractivity contribution in [2.75, 3.05) is 37.4 Å². The van der Waals surface area contributed by atoms with E-state index in [-0.39, 0.29) is 5.91 Å². The van der Waals surface area contributed by atoms with Crippen LogP contribution in [0.15, 0.2) is 41.8 Å². The fraction of sp³-hybridized carbons (Fsp3) is 0.474. The number of nitrogens with zero attached hydrogens (tertiary/aromatic N) is 3. The third-order valence-corrected chi connectivity index (χ3v) is 5.23. The fourth-order valence-electron chi connectivity index (χ4n) is 2.88. The third kappa shape index (κ3) is 5.59. The van der Waals surface area contributed by atoms with Gasteiger partial charge in [0, 0.05) is 44.3 Å². The van der Waals surface area contributed by atoms with Gasteiger partial charge in [0.2, 0.25) is 5.91 Å². The van der Waals surface area contributed by atoms with Crippen LogP contribution in [-0.4, -0.2) is 52.4 Å². The average molecular weight is 375 g/mol. The Morgan fingerprint density at radius 2 is 2.04 bits per heavy atom. The number of hydrogen-bond acceptors (Lipinski definition) is 5. The van der Waals surface area contributed by atoms with E-state index in [1.54, 1.807) is 6.20 Å². The monoisotopic (exact) mass is 374 g/mol. The van der Waals surface area contributed by atoms with Gasteiger partial charge in [0.1, 0.15) is 0 Å². The van der Waals surface area contributed by atoms with E-state index in [2.05, 4.69) is 38.8 Å². The van der Waals surface area contributed by atoms with Crippen molar-refractivity contribution in [3.8, 4) is 0 Å². The van der Waals surface area contributed by atoms with Crippen LogP contribution in [0.1, 0.15) is 18.9 Å². The van der Waals surface area contributed by atoms with Crippen molar-refractivity contribution in [1.82, 2.24) is 14.5 Å². The fourth-order valence-corrected chi connectivity index (χ4v) is 3.67. The number of imidazole rings is 1. The van der Waals surface area contributed by atoms with E-state index in [1.165, 1.54) is 17.3 Å². The molecule has 0 unspecified atom stereocenters. The number of carbonyl (C=O) groups excluding carboxylic acids is 1. The molecule has 1 aliphatic rings. The highest BCUT2D eigenvalue weighted by Crippen LogP contribution is 2.17. The minimum atomic E-state index is -0.0121. The van der Waals surface area contributed by atoms with Gasteiger partial charge in [0.15, 0.2) is 5.16 Å². The maximum atomic E-state index is 12.2. The minimum Gasteiger partial charge on any atom is -0.379 e. The summed E-state index contributed by atoms with van der Waals surface area (Å²) in [5, 5.41) is 3.85. The summed E-state index contributed by atoms with van der Waals surface area (Å²) in [5.41, 5.74) is 2.08. The van der Waals surface area contributed by atoms with Gasteiger partial charge in [-0.1, -0.05) is 30.8 Å². The Labute approximate surface area is 158 Å². The minimum absolute atomic E-state index is 0.0121. The topological polar surface area (TPSA) is 59.4 Å². The molecule has 1 aliphatic heterocycles. The highest BCUT2D eigenvalue weighted by atomic mass is 32.2. The molecule has 6 nitrogen and oxygen atoms in total. The molecule has 0 spiro atoms. The lowest BCUT2D eigenvalue weighted by Gasteiger charge is -2.26. The molecule has 26 heavy (non-hydrogen) atoms. The molecule has 1 fully saturated rings. The van der Waals surface area contributed by atoms with Crippen LogP contribution in [0.5, 0.6) is 0 Å². The number of carbonyl (C=O) groups is 1. The van der Waals surface area contributed by atoms with Gasteiger partial charge >= 0.3 is 0 Å². The zero-order valence-corrected chi connectivity index (χ0v) is 16.0. The first-order valence-corrected chi connectivity index (χ1v) is 10.1. The van der Waals surface area contributed by atoms with Gasteiger partial charge in [-0.15, -0.1) is 0 Å². The number of morpholine rings is 1. The number of aryl methyl sites for hydroxylation is 1. The zero-order chi connectivity index (χ0) is 18.2. The number of nitrogens with one attached hydrogen (secondary N) is 1. The van der Waals surface area contributed by atoms with Gasteiger partial charge < -0.3 is 14.6 Å². The Balaban J connectivity index is 1.45. The quantitative estimate of drug-likeness (QED) is 0.720. The first-order chi connectivity index (χ1) is 12.7. The summed E-state index contributed by atoms with van der Waals surface area (Å²) in [6.45, 7) is 7.55. The largest absolute Gasteiger partial charge is 0.379 e. The van der Waals surface area contributed by atoms with Crippen LogP contribution < -0.4 is 5.32 Å². The maximum absolute atomic E-state index is 12.2. The van der Waals surface area contributed by atoms with Crippen LogP contribution in [-0.2, 0) is 22.6 Å². The predicted octanol–water partition coefficient (Wildman–Crippen LogP) is 2.86. The molecule has 1 saturated heterocycles. The number of aromatic nitrogens is 2. The van der Waals surface area contributed by atoms with Crippen molar-refractivity contribution in [2.24, 2.45) is 0 Å². The van der Waals surface area contributed by atoms with Gasteiger partial charge in [0.25, 0.3) is 0 Å². The second-order valence-corrected chi connectivity index (χ2v) is 7.27. The molecular weight excluding hydrogens is 348 g/mol. The third-order valence-electron chi connectivity index (χ3n) is 4.22. The lowest BCUT2D eigenvalue weighted by molar-refractivity contribution is -0.113. The molecule has 1 N–H and O–H groups in total. The SMILES string of the molecule is CCCn1ccnc1SCC(=O)Nc1ccc(CN2CCOCC2)cc1. The summed E-state index contributed by atoms with van der Waals surface area (Å²) in [4.78, 5) is 18.9. The van der Waals surface area contributed by atoms with Crippen molar-refractivity contribution in [2.45, 2.75) is 31.6 Å². The van der Waals surface area contributed by atoms with Crippen LogP contribution in [0, 0.1) is 0 Å². The van der Waals surface area contributed by atoms with Crippen molar-refractivity contribution in [3.05, 3.63) is 42.2 Å². The molecule has 1 aromatic heterocycles. The van der Waals surface area contributed by atoms with Gasteiger partial charge in [0.05, 0.1) is 19.0 Å². The number of thioether (sulfide) groups is 1. The lowest BCUT2D eigenvalue weighted by atomic mass is 10.2. The molecule has 7 heteroatoms. The second-order valence-electron chi connectivity index (χ2n) is 6.33. The Kier molecular flexibility index (Phi) is 7.11. The van der Waals surface area contributed by atoms with Gasteiger partial charge in [-0.05, 0) is 24.1 Å². The number of amides is 1. The smallest absolute Gasteiger partial charge is 0.234 e. The Morgan fingerprint density at radius 1 is 1.27 bits per heavy atom. The summed E-state index contributed by atoms with van der Waals surface area (Å²) in [6.07, 6.45) is 4.78. The van der Waals surface area contributed by atoms with E-state index in [9.17, 15) is 4.79 Å². The molecule has 0 aliphatic carbocycles. The first kappa shape index (κ1) is 18.9. The summed E-state index contributed by atoms with van der Waals surface area (Å²) in [7, 11) is 0. The molecule has 1 aromatic carbocycles. The van der Waals surface area contributed by atoms with E-state index >= 15 is 0 Å². The normalized spacial score (nSPS) is 15.1. The highest BCUT2D eigenvalue weighted by molar-refractivity contribution is 7.99. The van der Waals surface area contributed by atoms with E-state index in [0.29, 0.717) is 5.75 Å². The molecule has 0 bridgehead atoms. The molecule has 3 rings (SSSR count). The number of anilines is 1. The number of ether oxygens (including phenoxy) is 1. The molecule has 2 heterocycles. The van der Waals surface area contributed by atoms with Gasteiger partial charge in [-0.2, -0.15) is 0 Å². The Hall–Kier alpha value is -1.83. The molecule has 1 amide bonds. The summed E-state index contributed by atoms with van der Waals surface area (Å²) < 4.78 is 7.46. The summed E-state index contributed by atoms with van der Waals surface area (Å²) in [5.74, 6) is 0.345. The standard InChI is InChI=1S/C19H26N4O2S/c1-2-8-23-9-7-20-19(23)26-15-18(24)21-17-5-3-16(4-6-17)14-22-10-12-25-13-11-22/h3-7,9H,2,8,10-15H2,1H3,(H,21,24). The van der Waals surface area contributed by atoms with Gasteiger partial charge in [-0.25, -0.2) is 4.98 Å². The second kappa shape index (κ2) is 9.75. The van der Waals surface area contributed by atoms with Gasteiger partial charge in [-0.3, -0.25) is 9.69 Å². The summed E-state index contributed by atoms with van der Waals surface area (Å²) in [6, 6.07) is 8.09. The van der Waals surface area contributed by atoms with Crippen LogP contribution in [0.3, 0.4) is 0 Å². The van der Waals surface area contributed by atoms with E-state index < -0.39 is 0 Å². The predicted molar refractivity (Wildman–Crippen MR) is 104 cm³/mol. The number of hydrogen-bond donors (Lipinski definition) is 1. The maximum Gasteiger partial charge on any atom is 0.234 e. The van der Waals surface area contributed by atoms with Crippen molar-refractivity contribution in [3.63, 3.8) is 0 Å². The summed E-state index contributed by atoms with van der Waals surface area (Å²) >= 11 is 1.47. The van der Waals surface area contributed by atoms with E-state index in [0.717, 1.165) is 56.7 Å². The van der Waals surface area contributed by atoms with Crippen molar-refractivity contribution >= 4 is 23.4 Å². The molecule has 140 valence electrons. The molecule has 0 atom stereocenters. The number of benzene rings is 1. The van der Waals surface area contributed by atoms with Crippen LogP contribution >= 0.6 is 11.8 Å². The Bertz CT molecular complexity index is 696. The van der Waals surface area contributed by atoms with Crippen molar-refractivity contribution in [1.29, 1.82) is 0 Å². The van der Waals surface area contributed by atoms with E-state index in [4.69, 9.17) is 4.74 Å². The Morgan fingerprint density at radius 3 is 2.77 bits per heavy atom. The van der Waals surface area contributed by atoms with Crippen LogP contribution in [0.4, 0.5) is 5.69 Å². The molecular formula is C19H26N4O2S. The molecule has 2 aromatic rings. The van der Waals surface area contributed by atoms with Crippen LogP contribution in [0.25, 0.3) is 0 Å². The van der Waals surface area contributed by atoms with Crippen LogP contribution in [0.2, 0.25) is 0 Å². The lowest BCUT2D eigenvalue weighted by Crippen LogP contribution is -2.35. The highest BCUT2D eigenvalue weighted by Gasteiger charge is 2.11.